The summed E-state index contributed by atoms with van der Waals surface area (Å²) in [5.74, 6) is 2.11. The molecule has 1 aromatic carbocycles. The SMILES string of the molecule is CCNC(=NCc1cccnc1OC)N1CCC(COCc2ccccc2)C1.I. The Morgan fingerprint density at radius 1 is 1.24 bits per heavy atom. The summed E-state index contributed by atoms with van der Waals surface area (Å²) in [6.07, 6.45) is 2.85. The number of methoxy groups -OCH3 is 1. The highest BCUT2D eigenvalue weighted by Crippen LogP contribution is 2.19. The molecule has 1 atom stereocenters. The fourth-order valence-corrected chi connectivity index (χ4v) is 3.39. The highest BCUT2D eigenvalue weighted by Gasteiger charge is 2.25. The van der Waals surface area contributed by atoms with Gasteiger partial charge < -0.3 is 19.7 Å². The van der Waals surface area contributed by atoms with Crippen LogP contribution in [0.2, 0.25) is 0 Å². The predicted molar refractivity (Wildman–Crippen MR) is 127 cm³/mol. The highest BCUT2D eigenvalue weighted by atomic mass is 127. The van der Waals surface area contributed by atoms with Gasteiger partial charge in [0, 0.05) is 37.3 Å². The molecule has 0 amide bonds. The number of aromatic nitrogens is 1. The maximum atomic E-state index is 5.94. The molecule has 2 heterocycles. The number of likely N-dealkylation sites (tertiary alicyclic amines) is 1. The number of rotatable bonds is 8. The van der Waals surface area contributed by atoms with Gasteiger partial charge in [-0.15, -0.1) is 24.0 Å². The number of pyridine rings is 1. The number of hydrogen-bond acceptors (Lipinski definition) is 4. The second-order valence-electron chi connectivity index (χ2n) is 6.94. The lowest BCUT2D eigenvalue weighted by atomic mass is 10.1. The lowest BCUT2D eigenvalue weighted by Crippen LogP contribution is -2.40. The van der Waals surface area contributed by atoms with Crippen molar-refractivity contribution in [2.24, 2.45) is 10.9 Å². The summed E-state index contributed by atoms with van der Waals surface area (Å²) >= 11 is 0. The Balaban J connectivity index is 0.00000300. The molecule has 3 rings (SSSR count). The van der Waals surface area contributed by atoms with Crippen LogP contribution in [0.1, 0.15) is 24.5 Å². The van der Waals surface area contributed by atoms with Gasteiger partial charge in [0.1, 0.15) is 0 Å². The second kappa shape index (κ2) is 12.6. The standard InChI is InChI=1S/C22H30N4O2.HI/c1-3-23-22(25-14-20-10-7-12-24-21(20)27-2)26-13-11-19(15-26)17-28-16-18-8-5-4-6-9-18;/h4-10,12,19H,3,11,13-17H2,1-2H3,(H,23,25);1H. The summed E-state index contributed by atoms with van der Waals surface area (Å²) in [4.78, 5) is 11.4. The molecule has 0 spiro atoms. The van der Waals surface area contributed by atoms with Crippen molar-refractivity contribution in [2.45, 2.75) is 26.5 Å². The molecular formula is C22H31IN4O2. The molecule has 1 N–H and O–H groups in total. The van der Waals surface area contributed by atoms with Crippen molar-refractivity contribution in [1.29, 1.82) is 0 Å². The smallest absolute Gasteiger partial charge is 0.218 e. The van der Waals surface area contributed by atoms with Gasteiger partial charge in [0.2, 0.25) is 5.88 Å². The summed E-state index contributed by atoms with van der Waals surface area (Å²) in [7, 11) is 1.64. The molecule has 1 aliphatic heterocycles. The zero-order valence-corrected chi connectivity index (χ0v) is 19.5. The molecule has 0 bridgehead atoms. The van der Waals surface area contributed by atoms with E-state index in [1.165, 1.54) is 5.56 Å². The van der Waals surface area contributed by atoms with Crippen molar-refractivity contribution >= 4 is 29.9 Å². The minimum absolute atomic E-state index is 0. The molecule has 2 aromatic rings. The van der Waals surface area contributed by atoms with Gasteiger partial charge >= 0.3 is 0 Å². The van der Waals surface area contributed by atoms with Gasteiger partial charge in [-0.05, 0) is 25.0 Å². The van der Waals surface area contributed by atoms with Crippen LogP contribution in [0.4, 0.5) is 0 Å². The average Bonchev–Trinajstić information content (AvgIpc) is 3.21. The molecule has 1 saturated heterocycles. The van der Waals surface area contributed by atoms with Crippen LogP contribution in [-0.2, 0) is 17.9 Å². The minimum atomic E-state index is 0. The molecule has 0 aliphatic carbocycles. The van der Waals surface area contributed by atoms with Crippen molar-refractivity contribution in [3.8, 4) is 5.88 Å². The molecule has 0 radical (unpaired) electrons. The van der Waals surface area contributed by atoms with E-state index in [4.69, 9.17) is 14.5 Å². The molecule has 0 saturated carbocycles. The van der Waals surface area contributed by atoms with Crippen LogP contribution >= 0.6 is 24.0 Å². The van der Waals surface area contributed by atoms with Crippen molar-refractivity contribution in [3.63, 3.8) is 0 Å². The predicted octanol–water partition coefficient (Wildman–Crippen LogP) is 3.71. The van der Waals surface area contributed by atoms with Crippen LogP contribution in [0.25, 0.3) is 0 Å². The molecule has 1 fully saturated rings. The third-order valence-electron chi connectivity index (χ3n) is 4.83. The Morgan fingerprint density at radius 2 is 2.07 bits per heavy atom. The first-order valence-electron chi connectivity index (χ1n) is 9.93. The lowest BCUT2D eigenvalue weighted by Gasteiger charge is -2.22. The van der Waals surface area contributed by atoms with E-state index in [1.807, 2.05) is 30.3 Å². The van der Waals surface area contributed by atoms with Crippen molar-refractivity contribution in [3.05, 3.63) is 59.8 Å². The van der Waals surface area contributed by atoms with Crippen LogP contribution in [0.3, 0.4) is 0 Å². The number of benzene rings is 1. The molecule has 29 heavy (non-hydrogen) atoms. The van der Waals surface area contributed by atoms with Gasteiger partial charge in [-0.25, -0.2) is 9.98 Å². The Bertz CT molecular complexity index is 757. The minimum Gasteiger partial charge on any atom is -0.481 e. The Morgan fingerprint density at radius 3 is 2.83 bits per heavy atom. The fraction of sp³-hybridized carbons (Fsp3) is 0.455. The number of guanidine groups is 1. The first-order chi connectivity index (χ1) is 13.8. The average molecular weight is 510 g/mol. The van der Waals surface area contributed by atoms with E-state index in [9.17, 15) is 0 Å². The van der Waals surface area contributed by atoms with E-state index >= 15 is 0 Å². The van der Waals surface area contributed by atoms with E-state index in [0.717, 1.165) is 44.2 Å². The third-order valence-corrected chi connectivity index (χ3v) is 4.83. The van der Waals surface area contributed by atoms with Gasteiger partial charge in [0.05, 0.1) is 26.9 Å². The van der Waals surface area contributed by atoms with E-state index in [1.54, 1.807) is 13.3 Å². The Kier molecular flexibility index (Phi) is 10.2. The largest absolute Gasteiger partial charge is 0.481 e. The van der Waals surface area contributed by atoms with Crippen molar-refractivity contribution in [1.82, 2.24) is 15.2 Å². The first kappa shape index (κ1) is 23.4. The van der Waals surface area contributed by atoms with Crippen LogP contribution < -0.4 is 10.1 Å². The number of aliphatic imine (C=N–C) groups is 1. The van der Waals surface area contributed by atoms with E-state index in [2.05, 4.69) is 34.3 Å². The van der Waals surface area contributed by atoms with E-state index < -0.39 is 0 Å². The molecule has 7 heteroatoms. The maximum absolute atomic E-state index is 5.94. The zero-order chi connectivity index (χ0) is 19.6. The summed E-state index contributed by atoms with van der Waals surface area (Å²) in [6, 6.07) is 14.2. The molecule has 6 nitrogen and oxygen atoms in total. The number of nitrogens with one attached hydrogen (secondary N) is 1. The van der Waals surface area contributed by atoms with Gasteiger partial charge in [-0.3, -0.25) is 0 Å². The fourth-order valence-electron chi connectivity index (χ4n) is 3.39. The number of hydrogen-bond donors (Lipinski definition) is 1. The summed E-state index contributed by atoms with van der Waals surface area (Å²) in [6.45, 7) is 6.89. The number of nitrogens with zero attached hydrogens (tertiary/aromatic N) is 3. The Hall–Kier alpha value is -1.87. The second-order valence-corrected chi connectivity index (χ2v) is 6.94. The first-order valence-corrected chi connectivity index (χ1v) is 9.93. The van der Waals surface area contributed by atoms with Gasteiger partial charge in [-0.1, -0.05) is 36.4 Å². The Labute approximate surface area is 190 Å². The van der Waals surface area contributed by atoms with Crippen molar-refractivity contribution in [2.75, 3.05) is 33.4 Å². The lowest BCUT2D eigenvalue weighted by molar-refractivity contribution is 0.0906. The topological polar surface area (TPSA) is 59.0 Å². The zero-order valence-electron chi connectivity index (χ0n) is 17.2. The normalized spacial score (nSPS) is 16.4. The molecule has 158 valence electrons. The van der Waals surface area contributed by atoms with Gasteiger partial charge in [0.25, 0.3) is 0 Å². The molecular weight excluding hydrogens is 479 g/mol. The van der Waals surface area contributed by atoms with Crippen LogP contribution in [-0.4, -0.2) is 49.2 Å². The highest BCUT2D eigenvalue weighted by molar-refractivity contribution is 14.0. The van der Waals surface area contributed by atoms with E-state index in [0.29, 0.717) is 24.9 Å². The quantitative estimate of drug-likeness (QED) is 0.334. The molecule has 1 aromatic heterocycles. The van der Waals surface area contributed by atoms with Crippen LogP contribution in [0, 0.1) is 5.92 Å². The van der Waals surface area contributed by atoms with E-state index in [-0.39, 0.29) is 24.0 Å². The number of halogens is 1. The van der Waals surface area contributed by atoms with Gasteiger partial charge in [0.15, 0.2) is 5.96 Å². The summed E-state index contributed by atoms with van der Waals surface area (Å²) < 4.78 is 11.3. The monoisotopic (exact) mass is 510 g/mol. The van der Waals surface area contributed by atoms with Gasteiger partial charge in [-0.2, -0.15) is 0 Å². The molecule has 1 unspecified atom stereocenters. The number of ether oxygens (including phenoxy) is 2. The van der Waals surface area contributed by atoms with Crippen LogP contribution in [0.15, 0.2) is 53.7 Å². The van der Waals surface area contributed by atoms with Crippen LogP contribution in [0.5, 0.6) is 5.88 Å². The maximum Gasteiger partial charge on any atom is 0.218 e. The molecule has 1 aliphatic rings. The van der Waals surface area contributed by atoms with Crippen molar-refractivity contribution < 1.29 is 9.47 Å². The summed E-state index contributed by atoms with van der Waals surface area (Å²) in [5, 5.41) is 3.41. The third kappa shape index (κ3) is 7.15. The summed E-state index contributed by atoms with van der Waals surface area (Å²) in [5.41, 5.74) is 2.21.